The fourth-order valence-electron chi connectivity index (χ4n) is 2.56. The number of nitrogens with one attached hydrogen (secondary N) is 1. The monoisotopic (exact) mass is 377 g/mol. The smallest absolute Gasteiger partial charge is 0.259 e. The Morgan fingerprint density at radius 1 is 1.04 bits per heavy atom. The molecule has 1 heterocycles. The number of hydrogen-bond acceptors (Lipinski definition) is 5. The summed E-state index contributed by atoms with van der Waals surface area (Å²) in [4.78, 5) is 16.6. The maximum atomic E-state index is 12.5. The third-order valence-electron chi connectivity index (χ3n) is 3.93. The molecule has 6 nitrogen and oxygen atoms in total. The first-order valence-electron chi connectivity index (χ1n) is 9.10. The minimum atomic E-state index is -0.320. The zero-order valence-corrected chi connectivity index (χ0v) is 15.9. The molecule has 0 spiro atoms. The van der Waals surface area contributed by atoms with E-state index in [-0.39, 0.29) is 11.7 Å². The topological polar surface area (TPSA) is 86.5 Å². The van der Waals surface area contributed by atoms with Crippen LogP contribution in [0.2, 0.25) is 0 Å². The molecule has 3 rings (SSSR count). The van der Waals surface area contributed by atoms with Crippen LogP contribution in [-0.2, 0) is 0 Å². The van der Waals surface area contributed by atoms with Crippen molar-refractivity contribution < 1.29 is 14.3 Å². The van der Waals surface area contributed by atoms with Crippen molar-refractivity contribution in [2.75, 3.05) is 17.7 Å². The predicted molar refractivity (Wildman–Crippen MR) is 110 cm³/mol. The van der Waals surface area contributed by atoms with E-state index in [0.717, 1.165) is 17.9 Å². The number of aryl methyl sites for hydroxylation is 1. The average Bonchev–Trinajstić information content (AvgIpc) is 2.67. The van der Waals surface area contributed by atoms with Gasteiger partial charge in [-0.25, -0.2) is 4.98 Å². The highest BCUT2D eigenvalue weighted by Crippen LogP contribution is 2.26. The molecule has 0 aliphatic carbocycles. The van der Waals surface area contributed by atoms with Crippen LogP contribution in [-0.4, -0.2) is 17.5 Å². The van der Waals surface area contributed by atoms with E-state index in [1.54, 1.807) is 30.3 Å². The van der Waals surface area contributed by atoms with Gasteiger partial charge in [0.05, 0.1) is 12.2 Å². The molecule has 0 bridgehead atoms. The second-order valence-corrected chi connectivity index (χ2v) is 6.29. The average molecular weight is 377 g/mol. The van der Waals surface area contributed by atoms with E-state index in [0.29, 0.717) is 29.4 Å². The number of pyridine rings is 1. The van der Waals surface area contributed by atoms with Crippen LogP contribution < -0.4 is 20.5 Å². The number of ether oxygens (including phenoxy) is 2. The maximum Gasteiger partial charge on any atom is 0.259 e. The maximum absolute atomic E-state index is 12.5. The molecule has 0 saturated carbocycles. The molecule has 0 atom stereocenters. The lowest BCUT2D eigenvalue weighted by molar-refractivity contribution is 0.102. The number of benzene rings is 2. The van der Waals surface area contributed by atoms with Crippen LogP contribution in [0.25, 0.3) is 0 Å². The molecule has 0 aliphatic rings. The van der Waals surface area contributed by atoms with E-state index in [4.69, 9.17) is 15.2 Å². The molecule has 2 aromatic carbocycles. The quantitative estimate of drug-likeness (QED) is 0.617. The van der Waals surface area contributed by atoms with Crippen molar-refractivity contribution in [1.82, 2.24) is 4.98 Å². The molecule has 1 amide bonds. The number of aromatic nitrogens is 1. The van der Waals surface area contributed by atoms with E-state index >= 15 is 0 Å². The Morgan fingerprint density at radius 2 is 1.79 bits per heavy atom. The van der Waals surface area contributed by atoms with Gasteiger partial charge in [0.15, 0.2) is 0 Å². The van der Waals surface area contributed by atoms with E-state index in [2.05, 4.69) is 17.2 Å². The van der Waals surface area contributed by atoms with Gasteiger partial charge in [0.1, 0.15) is 23.1 Å². The summed E-state index contributed by atoms with van der Waals surface area (Å²) >= 11 is 0. The summed E-state index contributed by atoms with van der Waals surface area (Å²) in [6, 6.07) is 18.0. The predicted octanol–water partition coefficient (Wildman–Crippen LogP) is 4.81. The highest BCUT2D eigenvalue weighted by atomic mass is 16.5. The van der Waals surface area contributed by atoms with Gasteiger partial charge in [-0.05, 0) is 61.9 Å². The van der Waals surface area contributed by atoms with Gasteiger partial charge < -0.3 is 20.5 Å². The Morgan fingerprint density at radius 3 is 2.50 bits per heavy atom. The Balaban J connectivity index is 1.67. The lowest BCUT2D eigenvalue weighted by Gasteiger charge is -2.11. The number of carbonyl (C=O) groups excluding carboxylic acids is 1. The van der Waals surface area contributed by atoms with Crippen molar-refractivity contribution >= 4 is 17.4 Å². The first kappa shape index (κ1) is 19.2. The molecule has 0 fully saturated rings. The van der Waals surface area contributed by atoms with Gasteiger partial charge in [0.25, 0.3) is 5.91 Å². The Bertz CT molecular complexity index is 955. The van der Waals surface area contributed by atoms with Gasteiger partial charge in [0, 0.05) is 17.4 Å². The van der Waals surface area contributed by atoms with E-state index in [1.807, 2.05) is 37.3 Å². The SMILES string of the molecule is CCCOc1ccc(Oc2cccc(NC(=O)c3ccc(C)nc3N)c2)cc1. The Labute approximate surface area is 164 Å². The van der Waals surface area contributed by atoms with Crippen LogP contribution in [0.4, 0.5) is 11.5 Å². The first-order chi connectivity index (χ1) is 13.5. The lowest BCUT2D eigenvalue weighted by atomic mass is 10.2. The lowest BCUT2D eigenvalue weighted by Crippen LogP contribution is -2.15. The third kappa shape index (κ3) is 5.01. The molecule has 144 valence electrons. The molecule has 3 N–H and O–H groups in total. The van der Waals surface area contributed by atoms with E-state index < -0.39 is 0 Å². The van der Waals surface area contributed by atoms with Gasteiger partial charge in [-0.2, -0.15) is 0 Å². The van der Waals surface area contributed by atoms with Gasteiger partial charge in [0.2, 0.25) is 0 Å². The number of nitrogen functional groups attached to an aromatic ring is 1. The molecule has 28 heavy (non-hydrogen) atoms. The van der Waals surface area contributed by atoms with E-state index in [9.17, 15) is 4.79 Å². The highest BCUT2D eigenvalue weighted by Gasteiger charge is 2.11. The minimum absolute atomic E-state index is 0.204. The van der Waals surface area contributed by atoms with E-state index in [1.165, 1.54) is 0 Å². The van der Waals surface area contributed by atoms with Crippen molar-refractivity contribution in [3.63, 3.8) is 0 Å². The molecule has 0 unspecified atom stereocenters. The second kappa shape index (κ2) is 8.90. The molecule has 1 aromatic heterocycles. The van der Waals surface area contributed by atoms with Gasteiger partial charge >= 0.3 is 0 Å². The van der Waals surface area contributed by atoms with Crippen LogP contribution in [0.5, 0.6) is 17.2 Å². The fourth-order valence-corrected chi connectivity index (χ4v) is 2.56. The number of amides is 1. The summed E-state index contributed by atoms with van der Waals surface area (Å²) < 4.78 is 11.4. The molecule has 0 saturated heterocycles. The van der Waals surface area contributed by atoms with Gasteiger partial charge in [-0.15, -0.1) is 0 Å². The number of anilines is 2. The second-order valence-electron chi connectivity index (χ2n) is 6.29. The highest BCUT2D eigenvalue weighted by molar-refractivity contribution is 6.07. The number of nitrogens with two attached hydrogens (primary N) is 1. The Kier molecular flexibility index (Phi) is 6.11. The summed E-state index contributed by atoms with van der Waals surface area (Å²) in [6.07, 6.45) is 0.959. The summed E-state index contributed by atoms with van der Waals surface area (Å²) in [5, 5.41) is 2.82. The van der Waals surface area contributed by atoms with Crippen molar-refractivity contribution in [2.45, 2.75) is 20.3 Å². The number of carbonyl (C=O) groups is 1. The molecule has 0 radical (unpaired) electrons. The minimum Gasteiger partial charge on any atom is -0.494 e. The summed E-state index contributed by atoms with van der Waals surface area (Å²) in [5.41, 5.74) is 7.54. The molecular weight excluding hydrogens is 354 g/mol. The summed E-state index contributed by atoms with van der Waals surface area (Å²) in [7, 11) is 0. The normalized spacial score (nSPS) is 10.4. The van der Waals surface area contributed by atoms with Crippen LogP contribution in [0.3, 0.4) is 0 Å². The van der Waals surface area contributed by atoms with Crippen LogP contribution >= 0.6 is 0 Å². The fraction of sp³-hybridized carbons (Fsp3) is 0.182. The first-order valence-corrected chi connectivity index (χ1v) is 9.10. The summed E-state index contributed by atoms with van der Waals surface area (Å²) in [5.74, 6) is 1.98. The van der Waals surface area contributed by atoms with Crippen molar-refractivity contribution in [1.29, 1.82) is 0 Å². The Hall–Kier alpha value is -3.54. The summed E-state index contributed by atoms with van der Waals surface area (Å²) in [6.45, 7) is 4.57. The molecular formula is C22H23N3O3. The van der Waals surface area contributed by atoms with Gasteiger partial charge in [-0.3, -0.25) is 4.79 Å². The van der Waals surface area contributed by atoms with Gasteiger partial charge in [-0.1, -0.05) is 13.0 Å². The zero-order valence-electron chi connectivity index (χ0n) is 15.9. The largest absolute Gasteiger partial charge is 0.494 e. The number of rotatable bonds is 7. The molecule has 6 heteroatoms. The number of hydrogen-bond donors (Lipinski definition) is 2. The van der Waals surface area contributed by atoms with Crippen molar-refractivity contribution in [3.05, 3.63) is 71.9 Å². The van der Waals surface area contributed by atoms with Crippen LogP contribution in [0.1, 0.15) is 29.4 Å². The standard InChI is InChI=1S/C22H23N3O3/c1-3-13-27-17-8-10-18(11-9-17)28-19-6-4-5-16(14-19)25-22(26)20-12-7-15(2)24-21(20)23/h4-12,14H,3,13H2,1-2H3,(H2,23,24)(H,25,26). The van der Waals surface area contributed by atoms with Crippen LogP contribution in [0.15, 0.2) is 60.7 Å². The third-order valence-corrected chi connectivity index (χ3v) is 3.93. The number of nitrogens with zero attached hydrogens (tertiary/aromatic N) is 1. The zero-order chi connectivity index (χ0) is 19.9. The molecule has 3 aromatic rings. The van der Waals surface area contributed by atoms with Crippen molar-refractivity contribution in [2.24, 2.45) is 0 Å². The molecule has 0 aliphatic heterocycles. The van der Waals surface area contributed by atoms with Crippen molar-refractivity contribution in [3.8, 4) is 17.2 Å². The van der Waals surface area contributed by atoms with Crippen LogP contribution in [0, 0.1) is 6.92 Å².